The summed E-state index contributed by atoms with van der Waals surface area (Å²) >= 11 is 0. The highest BCUT2D eigenvalue weighted by atomic mass is 16.2. The Balaban J connectivity index is 1.50. The van der Waals surface area contributed by atoms with Gasteiger partial charge < -0.3 is 14.7 Å². The second kappa shape index (κ2) is 6.42. The first-order chi connectivity index (χ1) is 11.7. The van der Waals surface area contributed by atoms with Gasteiger partial charge in [-0.2, -0.15) is 0 Å². The third-order valence-corrected chi connectivity index (χ3v) is 5.53. The van der Waals surface area contributed by atoms with Crippen LogP contribution in [0.4, 0.5) is 4.79 Å². The van der Waals surface area contributed by atoms with Crippen LogP contribution in [0.15, 0.2) is 24.5 Å². The summed E-state index contributed by atoms with van der Waals surface area (Å²) < 4.78 is 0. The zero-order chi connectivity index (χ0) is 16.5. The molecule has 128 valence electrons. The van der Waals surface area contributed by atoms with Gasteiger partial charge in [0.25, 0.3) is 5.91 Å². The third kappa shape index (κ3) is 2.85. The van der Waals surface area contributed by atoms with E-state index in [1.807, 2.05) is 20.8 Å². The topological polar surface area (TPSA) is 56.8 Å². The standard InChI is InChI=1S/C18H24N4O2/c23-17(15-4-3-7-19-10-15)21-11-14-5-6-16(13-21)22(12-14)18(24)20-8-1-2-9-20/h3-4,7,10,14,16H,1-2,5-6,8-9,11-13H2/t14-,16+/m0/s1. The van der Waals surface area contributed by atoms with E-state index in [1.165, 1.54) is 0 Å². The number of hydrogen-bond donors (Lipinski definition) is 0. The summed E-state index contributed by atoms with van der Waals surface area (Å²) in [5.74, 6) is 0.423. The number of fused-ring (bicyclic) bond motifs is 4. The van der Waals surface area contributed by atoms with Crippen LogP contribution < -0.4 is 0 Å². The summed E-state index contributed by atoms with van der Waals surface area (Å²) in [6.07, 6.45) is 7.63. The van der Waals surface area contributed by atoms with Gasteiger partial charge in [0.05, 0.1) is 11.6 Å². The predicted molar refractivity (Wildman–Crippen MR) is 89.6 cm³/mol. The Morgan fingerprint density at radius 3 is 2.62 bits per heavy atom. The molecule has 4 aliphatic rings. The van der Waals surface area contributed by atoms with Gasteiger partial charge in [0.2, 0.25) is 0 Å². The van der Waals surface area contributed by atoms with Crippen LogP contribution >= 0.6 is 0 Å². The second-order valence-corrected chi connectivity index (χ2v) is 7.18. The van der Waals surface area contributed by atoms with E-state index in [-0.39, 0.29) is 18.0 Å². The molecule has 4 saturated heterocycles. The fraction of sp³-hybridized carbons (Fsp3) is 0.611. The minimum atomic E-state index is 0.0375. The summed E-state index contributed by atoms with van der Waals surface area (Å²) in [7, 11) is 0. The monoisotopic (exact) mass is 328 g/mol. The van der Waals surface area contributed by atoms with Gasteiger partial charge in [0.15, 0.2) is 0 Å². The van der Waals surface area contributed by atoms with Crippen molar-refractivity contribution in [2.75, 3.05) is 32.7 Å². The van der Waals surface area contributed by atoms with Crippen molar-refractivity contribution in [2.45, 2.75) is 31.7 Å². The van der Waals surface area contributed by atoms with Gasteiger partial charge in [-0.25, -0.2) is 4.79 Å². The number of rotatable bonds is 1. The molecule has 2 atom stereocenters. The Bertz CT molecular complexity index is 615. The van der Waals surface area contributed by atoms with Crippen molar-refractivity contribution in [1.82, 2.24) is 19.7 Å². The zero-order valence-electron chi connectivity index (χ0n) is 13.9. The van der Waals surface area contributed by atoms with Gasteiger partial charge in [-0.15, -0.1) is 0 Å². The Hall–Kier alpha value is -2.11. The number of carbonyl (C=O) groups is 2. The average Bonchev–Trinajstić information content (AvgIpc) is 3.01. The number of hydrogen-bond acceptors (Lipinski definition) is 3. The highest BCUT2D eigenvalue weighted by Gasteiger charge is 2.40. The largest absolute Gasteiger partial charge is 0.336 e. The molecule has 2 bridgehead atoms. The maximum Gasteiger partial charge on any atom is 0.320 e. The summed E-state index contributed by atoms with van der Waals surface area (Å²) in [4.78, 5) is 35.6. The smallest absolute Gasteiger partial charge is 0.320 e. The van der Waals surface area contributed by atoms with Crippen LogP contribution in [0.3, 0.4) is 0 Å². The number of carbonyl (C=O) groups excluding carboxylic acids is 2. The first-order valence-corrected chi connectivity index (χ1v) is 8.97. The SMILES string of the molecule is O=C(c1cccnc1)N1C[C@@H]2CC[C@H](C1)N(C(=O)N1CCCC1)C2. The molecule has 0 unspecified atom stereocenters. The summed E-state index contributed by atoms with van der Waals surface area (Å²) in [6, 6.07) is 3.94. The molecule has 0 aromatic carbocycles. The van der Waals surface area contributed by atoms with Crippen molar-refractivity contribution in [3.63, 3.8) is 0 Å². The molecular formula is C18H24N4O2. The third-order valence-electron chi connectivity index (χ3n) is 5.53. The van der Waals surface area contributed by atoms with Gasteiger partial charge in [-0.05, 0) is 43.7 Å². The van der Waals surface area contributed by atoms with Crippen LogP contribution in [0.5, 0.6) is 0 Å². The maximum absolute atomic E-state index is 12.8. The Kier molecular flexibility index (Phi) is 4.12. The number of pyridine rings is 1. The average molecular weight is 328 g/mol. The quantitative estimate of drug-likeness (QED) is 0.790. The van der Waals surface area contributed by atoms with Crippen LogP contribution in [0.2, 0.25) is 0 Å². The molecule has 0 radical (unpaired) electrons. The first kappa shape index (κ1) is 15.4. The lowest BCUT2D eigenvalue weighted by Crippen LogP contribution is -2.52. The molecule has 24 heavy (non-hydrogen) atoms. The van der Waals surface area contributed by atoms with Gasteiger partial charge in [-0.3, -0.25) is 9.78 Å². The number of piperidine rings is 1. The zero-order valence-corrected chi connectivity index (χ0v) is 13.9. The van der Waals surface area contributed by atoms with Crippen molar-refractivity contribution in [2.24, 2.45) is 5.92 Å². The molecule has 4 aliphatic heterocycles. The summed E-state index contributed by atoms with van der Waals surface area (Å²) in [6.45, 7) is 3.94. The predicted octanol–water partition coefficient (Wildman–Crippen LogP) is 1.83. The second-order valence-electron chi connectivity index (χ2n) is 7.18. The Morgan fingerprint density at radius 1 is 1.04 bits per heavy atom. The van der Waals surface area contributed by atoms with E-state index in [4.69, 9.17) is 0 Å². The van der Waals surface area contributed by atoms with Crippen molar-refractivity contribution in [1.29, 1.82) is 0 Å². The molecular weight excluding hydrogens is 304 g/mol. The van der Waals surface area contributed by atoms with Crippen molar-refractivity contribution >= 4 is 11.9 Å². The van der Waals surface area contributed by atoms with Crippen LogP contribution in [0.25, 0.3) is 0 Å². The molecule has 0 N–H and O–H groups in total. The lowest BCUT2D eigenvalue weighted by Gasteiger charge is -2.38. The van der Waals surface area contributed by atoms with E-state index in [1.54, 1.807) is 18.5 Å². The van der Waals surface area contributed by atoms with Crippen molar-refractivity contribution in [3.8, 4) is 0 Å². The molecule has 1 aromatic rings. The maximum atomic E-state index is 12.8. The van der Waals surface area contributed by atoms with Gasteiger partial charge in [0, 0.05) is 45.1 Å². The van der Waals surface area contributed by atoms with E-state index >= 15 is 0 Å². The number of urea groups is 1. The molecule has 6 heteroatoms. The Labute approximate surface area is 142 Å². The normalized spacial score (nSPS) is 26.6. The molecule has 0 saturated carbocycles. The number of aromatic nitrogens is 1. The van der Waals surface area contributed by atoms with Crippen molar-refractivity contribution in [3.05, 3.63) is 30.1 Å². The van der Waals surface area contributed by atoms with E-state index in [0.29, 0.717) is 18.0 Å². The van der Waals surface area contributed by atoms with Crippen LogP contribution in [0.1, 0.15) is 36.0 Å². The van der Waals surface area contributed by atoms with E-state index in [9.17, 15) is 9.59 Å². The van der Waals surface area contributed by atoms with E-state index in [2.05, 4.69) is 4.98 Å². The molecule has 4 fully saturated rings. The van der Waals surface area contributed by atoms with Crippen molar-refractivity contribution < 1.29 is 9.59 Å². The van der Waals surface area contributed by atoms with Gasteiger partial charge in [0.1, 0.15) is 0 Å². The molecule has 1 aromatic heterocycles. The molecule has 3 amide bonds. The summed E-state index contributed by atoms with van der Waals surface area (Å²) in [5.41, 5.74) is 0.635. The first-order valence-electron chi connectivity index (χ1n) is 8.97. The highest BCUT2D eigenvalue weighted by molar-refractivity contribution is 5.94. The lowest BCUT2D eigenvalue weighted by molar-refractivity contribution is 0.0737. The fourth-order valence-electron chi connectivity index (χ4n) is 4.24. The molecule has 0 aliphatic carbocycles. The minimum absolute atomic E-state index is 0.0375. The molecule has 0 spiro atoms. The highest BCUT2D eigenvalue weighted by Crippen LogP contribution is 2.30. The number of likely N-dealkylation sites (tertiary alicyclic amines) is 1. The van der Waals surface area contributed by atoms with Gasteiger partial charge in [-0.1, -0.05) is 0 Å². The number of nitrogens with zero attached hydrogens (tertiary/aromatic N) is 4. The van der Waals surface area contributed by atoms with Gasteiger partial charge >= 0.3 is 6.03 Å². The van der Waals surface area contributed by atoms with Crippen LogP contribution in [-0.4, -0.2) is 70.4 Å². The fourth-order valence-corrected chi connectivity index (χ4v) is 4.24. The van der Waals surface area contributed by atoms with Crippen LogP contribution in [0, 0.1) is 5.92 Å². The number of amides is 3. The van der Waals surface area contributed by atoms with E-state index in [0.717, 1.165) is 51.9 Å². The van der Waals surface area contributed by atoms with E-state index < -0.39 is 0 Å². The summed E-state index contributed by atoms with van der Waals surface area (Å²) in [5, 5.41) is 0. The minimum Gasteiger partial charge on any atom is -0.336 e. The molecule has 5 rings (SSSR count). The lowest BCUT2D eigenvalue weighted by atomic mass is 9.95. The molecule has 5 heterocycles. The van der Waals surface area contributed by atoms with Crippen LogP contribution in [-0.2, 0) is 0 Å². The Morgan fingerprint density at radius 2 is 1.88 bits per heavy atom. The molecule has 6 nitrogen and oxygen atoms in total.